The van der Waals surface area contributed by atoms with E-state index in [1.165, 1.54) is 11.3 Å². The maximum absolute atomic E-state index is 13.1. The van der Waals surface area contributed by atoms with Crippen molar-refractivity contribution in [2.75, 3.05) is 25.0 Å². The molecular weight excluding hydrogens is 290 g/mol. The van der Waals surface area contributed by atoms with Gasteiger partial charge in [-0.3, -0.25) is 9.59 Å². The predicted octanol–water partition coefficient (Wildman–Crippen LogP) is 1.77. The van der Waals surface area contributed by atoms with Crippen LogP contribution >= 0.6 is 0 Å². The van der Waals surface area contributed by atoms with Gasteiger partial charge >= 0.3 is 0 Å². The van der Waals surface area contributed by atoms with Crippen LogP contribution in [-0.4, -0.2) is 42.9 Å². The van der Waals surface area contributed by atoms with Crippen molar-refractivity contribution in [1.82, 2.24) is 10.2 Å². The third-order valence-electron chi connectivity index (χ3n) is 5.04. The van der Waals surface area contributed by atoms with E-state index in [9.17, 15) is 9.59 Å². The molecule has 0 radical (unpaired) electrons. The molecule has 23 heavy (non-hydrogen) atoms. The number of para-hydroxylation sites is 1. The molecular formula is C18H25N3O2. The second kappa shape index (κ2) is 6.60. The van der Waals surface area contributed by atoms with Crippen molar-refractivity contribution in [3.8, 4) is 0 Å². The van der Waals surface area contributed by atoms with E-state index in [0.29, 0.717) is 25.9 Å². The van der Waals surface area contributed by atoms with Gasteiger partial charge in [-0.2, -0.15) is 0 Å². The molecule has 1 aromatic carbocycles. The number of carbonyl (C=O) groups excluding carboxylic acids is 2. The molecule has 5 heteroatoms. The summed E-state index contributed by atoms with van der Waals surface area (Å²) in [5.41, 5.74) is 2.40. The van der Waals surface area contributed by atoms with Crippen molar-refractivity contribution in [3.05, 3.63) is 29.8 Å². The van der Waals surface area contributed by atoms with Crippen LogP contribution in [0.15, 0.2) is 24.3 Å². The molecule has 2 aliphatic heterocycles. The van der Waals surface area contributed by atoms with Crippen LogP contribution in [0.2, 0.25) is 0 Å². The molecule has 5 nitrogen and oxygen atoms in total. The molecule has 3 rings (SSSR count). The largest absolute Gasteiger partial charge is 0.372 e. The molecule has 1 N–H and O–H groups in total. The highest BCUT2D eigenvalue weighted by Gasteiger charge is 2.34. The molecule has 2 amide bonds. The molecule has 0 aliphatic carbocycles. The smallest absolute Gasteiger partial charge is 0.228 e. The number of anilines is 1. The Balaban J connectivity index is 1.84. The Bertz CT molecular complexity index is 592. The van der Waals surface area contributed by atoms with Crippen molar-refractivity contribution < 1.29 is 9.59 Å². The van der Waals surface area contributed by atoms with Crippen molar-refractivity contribution in [2.24, 2.45) is 5.92 Å². The van der Waals surface area contributed by atoms with Crippen LogP contribution in [0.5, 0.6) is 0 Å². The summed E-state index contributed by atoms with van der Waals surface area (Å²) in [6, 6.07) is 8.51. The monoisotopic (exact) mass is 315 g/mol. The van der Waals surface area contributed by atoms with E-state index in [0.717, 1.165) is 13.0 Å². The topological polar surface area (TPSA) is 52.7 Å². The summed E-state index contributed by atoms with van der Waals surface area (Å²) in [6.07, 6.45) is 2.05. The molecule has 124 valence electrons. The Morgan fingerprint density at radius 2 is 2.13 bits per heavy atom. The second-order valence-corrected chi connectivity index (χ2v) is 6.58. The molecule has 1 fully saturated rings. The fraction of sp³-hybridized carbons (Fsp3) is 0.556. The number of nitrogens with one attached hydrogen (secondary N) is 1. The zero-order valence-electron chi connectivity index (χ0n) is 13.9. The van der Waals surface area contributed by atoms with Gasteiger partial charge in [-0.15, -0.1) is 0 Å². The maximum Gasteiger partial charge on any atom is 0.228 e. The van der Waals surface area contributed by atoms with Crippen LogP contribution in [0.1, 0.15) is 31.7 Å². The molecule has 0 bridgehead atoms. The summed E-state index contributed by atoms with van der Waals surface area (Å²) in [5.74, 6) is 0.154. The van der Waals surface area contributed by atoms with Gasteiger partial charge in [0.1, 0.15) is 0 Å². The Labute approximate surface area is 137 Å². The Kier molecular flexibility index (Phi) is 4.55. The number of fused-ring (bicyclic) bond motifs is 1. The van der Waals surface area contributed by atoms with Crippen LogP contribution in [-0.2, 0) is 16.1 Å². The zero-order valence-corrected chi connectivity index (χ0v) is 13.9. The lowest BCUT2D eigenvalue weighted by atomic mass is 9.96. The molecule has 2 atom stereocenters. The van der Waals surface area contributed by atoms with Gasteiger partial charge in [-0.1, -0.05) is 25.1 Å². The van der Waals surface area contributed by atoms with Crippen molar-refractivity contribution in [1.29, 1.82) is 0 Å². The molecule has 0 unspecified atom stereocenters. The molecule has 1 saturated heterocycles. The number of piperidine rings is 1. The first-order valence-electron chi connectivity index (χ1n) is 8.46. The van der Waals surface area contributed by atoms with Gasteiger partial charge in [0.05, 0.1) is 5.92 Å². The van der Waals surface area contributed by atoms with E-state index in [1.807, 2.05) is 17.0 Å². The van der Waals surface area contributed by atoms with Crippen LogP contribution < -0.4 is 10.2 Å². The summed E-state index contributed by atoms with van der Waals surface area (Å²) in [6.45, 7) is 4.11. The van der Waals surface area contributed by atoms with E-state index in [1.54, 1.807) is 0 Å². The fourth-order valence-corrected chi connectivity index (χ4v) is 3.63. The van der Waals surface area contributed by atoms with Crippen LogP contribution in [0.3, 0.4) is 0 Å². The number of carbonyl (C=O) groups is 2. The molecule has 1 aromatic rings. The van der Waals surface area contributed by atoms with Crippen LogP contribution in [0, 0.1) is 5.92 Å². The standard InChI is InChI=1S/C18H25N3O2/c1-3-15-12-20(2)16-7-5-4-6-14(16)11-21(15)18(23)13-8-9-17(22)19-10-13/h4-7,13,15H,3,8-12H2,1-2H3,(H,19,22)/t13-,15+/m1/s1. The van der Waals surface area contributed by atoms with Gasteiger partial charge in [0.15, 0.2) is 0 Å². The second-order valence-electron chi connectivity index (χ2n) is 6.58. The van der Waals surface area contributed by atoms with E-state index in [4.69, 9.17) is 0 Å². The fourth-order valence-electron chi connectivity index (χ4n) is 3.63. The van der Waals surface area contributed by atoms with Gasteiger partial charge in [0, 0.05) is 44.8 Å². The number of hydrogen-bond acceptors (Lipinski definition) is 3. The normalized spacial score (nSPS) is 24.7. The first-order valence-corrected chi connectivity index (χ1v) is 8.46. The SMILES string of the molecule is CC[C@H]1CN(C)c2ccccc2CN1C(=O)[C@@H]1CCC(=O)NC1. The predicted molar refractivity (Wildman–Crippen MR) is 90.1 cm³/mol. The minimum absolute atomic E-state index is 0.0574. The Morgan fingerprint density at radius 1 is 1.35 bits per heavy atom. The third-order valence-corrected chi connectivity index (χ3v) is 5.04. The third kappa shape index (κ3) is 3.19. The Morgan fingerprint density at radius 3 is 2.83 bits per heavy atom. The van der Waals surface area contributed by atoms with E-state index in [2.05, 4.69) is 36.3 Å². The lowest BCUT2D eigenvalue weighted by Crippen LogP contribution is -2.49. The number of amides is 2. The van der Waals surface area contributed by atoms with Crippen molar-refractivity contribution in [2.45, 2.75) is 38.8 Å². The number of nitrogens with zero attached hydrogens (tertiary/aromatic N) is 2. The molecule has 0 aromatic heterocycles. The highest BCUT2D eigenvalue weighted by atomic mass is 16.2. The van der Waals surface area contributed by atoms with Gasteiger partial charge < -0.3 is 15.1 Å². The lowest BCUT2D eigenvalue weighted by molar-refractivity contribution is -0.140. The average molecular weight is 315 g/mol. The number of rotatable bonds is 2. The van der Waals surface area contributed by atoms with Gasteiger partial charge in [-0.05, 0) is 24.5 Å². The highest BCUT2D eigenvalue weighted by Crippen LogP contribution is 2.28. The summed E-state index contributed by atoms with van der Waals surface area (Å²) in [7, 11) is 2.09. The average Bonchev–Trinajstić information content (AvgIpc) is 2.72. The van der Waals surface area contributed by atoms with Gasteiger partial charge in [-0.25, -0.2) is 0 Å². The van der Waals surface area contributed by atoms with Crippen LogP contribution in [0.4, 0.5) is 5.69 Å². The molecule has 2 heterocycles. The lowest BCUT2D eigenvalue weighted by Gasteiger charge is -2.34. The highest BCUT2D eigenvalue weighted by molar-refractivity contribution is 5.84. The summed E-state index contributed by atoms with van der Waals surface area (Å²) < 4.78 is 0. The molecule has 2 aliphatic rings. The van der Waals surface area contributed by atoms with E-state index in [-0.39, 0.29) is 23.8 Å². The minimum Gasteiger partial charge on any atom is -0.372 e. The van der Waals surface area contributed by atoms with Crippen molar-refractivity contribution in [3.63, 3.8) is 0 Å². The zero-order chi connectivity index (χ0) is 16.4. The summed E-state index contributed by atoms with van der Waals surface area (Å²) >= 11 is 0. The number of hydrogen-bond donors (Lipinski definition) is 1. The van der Waals surface area contributed by atoms with Gasteiger partial charge in [0.25, 0.3) is 0 Å². The first-order chi connectivity index (χ1) is 11.1. The minimum atomic E-state index is -0.0858. The van der Waals surface area contributed by atoms with Gasteiger partial charge in [0.2, 0.25) is 11.8 Å². The first kappa shape index (κ1) is 15.8. The van der Waals surface area contributed by atoms with Crippen LogP contribution in [0.25, 0.3) is 0 Å². The quantitative estimate of drug-likeness (QED) is 0.905. The van der Waals surface area contributed by atoms with E-state index >= 15 is 0 Å². The number of likely N-dealkylation sites (N-methyl/N-ethyl adjacent to an activating group) is 1. The molecule has 0 saturated carbocycles. The number of benzene rings is 1. The van der Waals surface area contributed by atoms with Crippen molar-refractivity contribution >= 4 is 17.5 Å². The summed E-state index contributed by atoms with van der Waals surface area (Å²) in [5, 5.41) is 2.83. The Hall–Kier alpha value is -2.04. The summed E-state index contributed by atoms with van der Waals surface area (Å²) in [4.78, 5) is 28.7. The maximum atomic E-state index is 13.1. The van der Waals surface area contributed by atoms with E-state index < -0.39 is 0 Å². The molecule has 0 spiro atoms.